The Labute approximate surface area is 157 Å². The fourth-order valence-corrected chi connectivity index (χ4v) is 3.37. The van der Waals surface area contributed by atoms with E-state index in [0.29, 0.717) is 31.4 Å². The first kappa shape index (κ1) is 18.3. The number of halogens is 3. The predicted octanol–water partition coefficient (Wildman–Crippen LogP) is 2.76. The molecule has 3 aromatic heterocycles. The lowest BCUT2D eigenvalue weighted by molar-refractivity contribution is -0.124. The number of aromatic amines is 1. The molecule has 0 spiro atoms. The summed E-state index contributed by atoms with van der Waals surface area (Å²) < 4.78 is 41.6. The van der Waals surface area contributed by atoms with Crippen molar-refractivity contribution in [2.45, 2.75) is 25.1 Å². The topological polar surface area (TPSA) is 96.0 Å². The average molecular weight is 394 g/mol. The van der Waals surface area contributed by atoms with E-state index in [-0.39, 0.29) is 0 Å². The summed E-state index contributed by atoms with van der Waals surface area (Å²) in [4.78, 5) is 21.0. The van der Waals surface area contributed by atoms with E-state index in [1.807, 2.05) is 6.07 Å². The van der Waals surface area contributed by atoms with Crippen molar-refractivity contribution in [2.75, 3.05) is 24.5 Å². The van der Waals surface area contributed by atoms with Gasteiger partial charge in [-0.25, -0.2) is 9.78 Å². The molecule has 0 atom stereocenters. The number of piperidine rings is 1. The van der Waals surface area contributed by atoms with Crippen LogP contribution in [0.25, 0.3) is 21.9 Å². The molecule has 0 bridgehead atoms. The van der Waals surface area contributed by atoms with Crippen LogP contribution in [0.2, 0.25) is 0 Å². The molecule has 3 aromatic rings. The number of amides is 1. The molecule has 1 amide bonds. The Morgan fingerprint density at radius 3 is 2.86 bits per heavy atom. The second-order valence-electron chi connectivity index (χ2n) is 6.55. The molecule has 1 fully saturated rings. The largest absolute Gasteiger partial charge is 0.446 e. The zero-order valence-electron chi connectivity index (χ0n) is 14.7. The van der Waals surface area contributed by atoms with Crippen LogP contribution in [0.5, 0.6) is 0 Å². The molecular weight excluding hydrogens is 377 g/mol. The van der Waals surface area contributed by atoms with E-state index in [9.17, 15) is 18.0 Å². The molecule has 148 valence electrons. The summed E-state index contributed by atoms with van der Waals surface area (Å²) in [6.45, 7) is -0.251. The van der Waals surface area contributed by atoms with Gasteiger partial charge in [-0.1, -0.05) is 0 Å². The van der Waals surface area contributed by atoms with Gasteiger partial charge in [0.2, 0.25) is 0 Å². The number of hydrogen-bond acceptors (Lipinski definition) is 6. The van der Waals surface area contributed by atoms with Crippen LogP contribution in [0.3, 0.4) is 0 Å². The Balaban J connectivity index is 1.44. The first-order chi connectivity index (χ1) is 13.4. The molecule has 4 heterocycles. The van der Waals surface area contributed by atoms with E-state index in [1.165, 1.54) is 0 Å². The maximum Gasteiger partial charge on any atom is 0.407 e. The number of hydrogen-bond donors (Lipinski definition) is 2. The second-order valence-corrected chi connectivity index (χ2v) is 6.55. The van der Waals surface area contributed by atoms with Crippen molar-refractivity contribution >= 4 is 33.7 Å². The Morgan fingerprint density at radius 2 is 2.11 bits per heavy atom. The Bertz CT molecular complexity index is 997. The van der Waals surface area contributed by atoms with Crippen LogP contribution in [-0.2, 0) is 4.74 Å². The van der Waals surface area contributed by atoms with Crippen molar-refractivity contribution in [3.8, 4) is 0 Å². The lowest BCUT2D eigenvalue weighted by atomic mass is 10.1. The number of ether oxygens (including phenoxy) is 1. The number of anilines is 1. The summed E-state index contributed by atoms with van der Waals surface area (Å²) in [6.07, 6.45) is 0.218. The molecule has 0 aromatic carbocycles. The number of nitrogens with zero attached hydrogens (tertiary/aromatic N) is 4. The highest BCUT2D eigenvalue weighted by Gasteiger charge is 2.29. The third-order valence-corrected chi connectivity index (χ3v) is 4.66. The average Bonchev–Trinajstić information content (AvgIpc) is 3.15. The normalized spacial score (nSPS) is 15.9. The van der Waals surface area contributed by atoms with Crippen LogP contribution in [-0.4, -0.2) is 58.2 Å². The van der Waals surface area contributed by atoms with Crippen molar-refractivity contribution in [1.29, 1.82) is 0 Å². The van der Waals surface area contributed by atoms with E-state index in [4.69, 9.17) is 4.74 Å². The smallest absolute Gasteiger partial charge is 0.407 e. The molecule has 0 radical (unpaired) electrons. The first-order valence-corrected chi connectivity index (χ1v) is 8.74. The fraction of sp³-hybridized carbons (Fsp3) is 0.412. The van der Waals surface area contributed by atoms with Crippen molar-refractivity contribution < 1.29 is 22.7 Å². The van der Waals surface area contributed by atoms with Crippen LogP contribution in [0.15, 0.2) is 24.7 Å². The van der Waals surface area contributed by atoms with E-state index in [0.717, 1.165) is 22.1 Å². The van der Waals surface area contributed by atoms with E-state index in [2.05, 4.69) is 25.1 Å². The van der Waals surface area contributed by atoms with Gasteiger partial charge in [0.15, 0.2) is 0 Å². The monoisotopic (exact) mass is 394 g/mol. The van der Waals surface area contributed by atoms with E-state index >= 15 is 0 Å². The number of alkyl carbamates (subject to hydrolysis) is 1. The van der Waals surface area contributed by atoms with Crippen molar-refractivity contribution in [2.24, 2.45) is 0 Å². The van der Waals surface area contributed by atoms with Crippen molar-refractivity contribution in [3.63, 3.8) is 0 Å². The van der Waals surface area contributed by atoms with Gasteiger partial charge in [0.25, 0.3) is 0 Å². The van der Waals surface area contributed by atoms with Gasteiger partial charge in [-0.2, -0.15) is 18.3 Å². The van der Waals surface area contributed by atoms with Gasteiger partial charge in [-0.3, -0.25) is 0 Å². The fourth-order valence-electron chi connectivity index (χ4n) is 3.37. The standard InChI is InChI=1S/C17H17F3N6O2/c18-17(19,20)9-23-16(27)28-10-2-5-26(6-3-10)13-8-24-25-12-7-22-15-11(14(12)13)1-4-21-15/h1,4,7-8,10H,2-3,5-6,9H2,(H,21,22)(H,23,27). The number of aromatic nitrogens is 4. The minimum Gasteiger partial charge on any atom is -0.446 e. The highest BCUT2D eigenvalue weighted by Crippen LogP contribution is 2.32. The second kappa shape index (κ2) is 7.13. The van der Waals surface area contributed by atoms with Gasteiger partial charge < -0.3 is 19.9 Å². The number of H-pyrrole nitrogens is 1. The van der Waals surface area contributed by atoms with Gasteiger partial charge in [0.05, 0.1) is 18.1 Å². The van der Waals surface area contributed by atoms with E-state index in [1.54, 1.807) is 23.9 Å². The molecule has 4 rings (SSSR count). The predicted molar refractivity (Wildman–Crippen MR) is 95.0 cm³/mol. The van der Waals surface area contributed by atoms with Gasteiger partial charge in [0, 0.05) is 42.9 Å². The third-order valence-electron chi connectivity index (χ3n) is 4.66. The lowest BCUT2D eigenvalue weighted by Crippen LogP contribution is -2.41. The first-order valence-electron chi connectivity index (χ1n) is 8.74. The highest BCUT2D eigenvalue weighted by molar-refractivity contribution is 6.09. The number of rotatable bonds is 3. The summed E-state index contributed by atoms with van der Waals surface area (Å²) in [7, 11) is 0. The quantitative estimate of drug-likeness (QED) is 0.709. The maximum absolute atomic E-state index is 12.2. The summed E-state index contributed by atoms with van der Waals surface area (Å²) in [5.74, 6) is 0. The Kier molecular flexibility index (Phi) is 4.65. The molecule has 28 heavy (non-hydrogen) atoms. The van der Waals surface area contributed by atoms with Crippen LogP contribution >= 0.6 is 0 Å². The molecule has 8 nitrogen and oxygen atoms in total. The maximum atomic E-state index is 12.2. The number of nitrogens with one attached hydrogen (secondary N) is 2. The molecule has 11 heteroatoms. The Hall–Kier alpha value is -3.11. The van der Waals surface area contributed by atoms with Crippen molar-refractivity contribution in [1.82, 2.24) is 25.5 Å². The van der Waals surface area contributed by atoms with Crippen molar-refractivity contribution in [3.05, 3.63) is 24.7 Å². The molecule has 1 aliphatic heterocycles. The van der Waals surface area contributed by atoms with E-state index < -0.39 is 24.9 Å². The highest BCUT2D eigenvalue weighted by atomic mass is 19.4. The van der Waals surface area contributed by atoms with Gasteiger partial charge in [0.1, 0.15) is 23.8 Å². The molecule has 1 saturated heterocycles. The number of pyridine rings is 1. The number of carbonyl (C=O) groups is 1. The summed E-state index contributed by atoms with van der Waals surface area (Å²) in [6, 6.07) is 1.93. The molecular formula is C17H17F3N6O2. The minimum atomic E-state index is -4.46. The SMILES string of the molecule is O=C(NCC(F)(F)F)OC1CCN(c2cnnc3cnc4[nH]ccc4c23)CC1. The number of fused-ring (bicyclic) bond motifs is 3. The minimum absolute atomic E-state index is 0.431. The molecule has 2 N–H and O–H groups in total. The van der Waals surface area contributed by atoms with Crippen LogP contribution in [0, 0.1) is 0 Å². The van der Waals surface area contributed by atoms with Crippen LogP contribution < -0.4 is 10.2 Å². The van der Waals surface area contributed by atoms with Crippen LogP contribution in [0.1, 0.15) is 12.8 Å². The van der Waals surface area contributed by atoms with Crippen LogP contribution in [0.4, 0.5) is 23.7 Å². The molecule has 0 unspecified atom stereocenters. The summed E-state index contributed by atoms with van der Waals surface area (Å²) in [5, 5.41) is 11.8. The zero-order chi connectivity index (χ0) is 19.7. The summed E-state index contributed by atoms with van der Waals surface area (Å²) in [5.41, 5.74) is 2.33. The zero-order valence-corrected chi connectivity index (χ0v) is 14.7. The van der Waals surface area contributed by atoms with Gasteiger partial charge >= 0.3 is 12.3 Å². The molecule has 1 aliphatic rings. The Morgan fingerprint density at radius 1 is 1.32 bits per heavy atom. The molecule has 0 aliphatic carbocycles. The lowest BCUT2D eigenvalue weighted by Gasteiger charge is -2.33. The number of carbonyl (C=O) groups excluding carboxylic acids is 1. The molecule has 0 saturated carbocycles. The van der Waals surface area contributed by atoms with Gasteiger partial charge in [-0.15, -0.1) is 5.10 Å². The third kappa shape index (κ3) is 3.78. The van der Waals surface area contributed by atoms with Gasteiger partial charge in [-0.05, 0) is 6.07 Å². The number of alkyl halides is 3. The summed E-state index contributed by atoms with van der Waals surface area (Å²) >= 11 is 0.